The van der Waals surface area contributed by atoms with E-state index in [1.54, 1.807) is 0 Å². The van der Waals surface area contributed by atoms with E-state index in [4.69, 9.17) is 5.73 Å². The number of hydrogen-bond acceptors (Lipinski definition) is 2. The van der Waals surface area contributed by atoms with Gasteiger partial charge in [0.25, 0.3) is 0 Å². The molecule has 16 heavy (non-hydrogen) atoms. The third-order valence-electron chi connectivity index (χ3n) is 4.44. The lowest BCUT2D eigenvalue weighted by molar-refractivity contribution is -0.136. The summed E-state index contributed by atoms with van der Waals surface area (Å²) in [7, 11) is 0. The molecule has 1 amide bonds. The predicted molar refractivity (Wildman–Crippen MR) is 64.8 cm³/mol. The first-order valence-electron chi connectivity index (χ1n) is 6.64. The molecule has 0 aromatic heterocycles. The van der Waals surface area contributed by atoms with E-state index in [9.17, 15) is 4.79 Å². The molecule has 2 rings (SSSR count). The molecule has 0 aromatic rings. The lowest BCUT2D eigenvalue weighted by Crippen LogP contribution is -2.45. The Hall–Kier alpha value is -0.570. The number of likely N-dealkylation sites (tertiary alicyclic amines) is 1. The van der Waals surface area contributed by atoms with E-state index in [0.717, 1.165) is 25.9 Å². The zero-order chi connectivity index (χ0) is 11.7. The Kier molecular flexibility index (Phi) is 3.53. The van der Waals surface area contributed by atoms with Crippen molar-refractivity contribution in [3.05, 3.63) is 0 Å². The molecular weight excluding hydrogens is 200 g/mol. The SMILES string of the molecule is CC1CN(C(=O)C2CCCCC2N)CC1C. The van der Waals surface area contributed by atoms with Crippen molar-refractivity contribution in [3.8, 4) is 0 Å². The van der Waals surface area contributed by atoms with Crippen LogP contribution < -0.4 is 5.73 Å². The summed E-state index contributed by atoms with van der Waals surface area (Å²) in [5.41, 5.74) is 6.07. The Morgan fingerprint density at radius 2 is 1.69 bits per heavy atom. The zero-order valence-electron chi connectivity index (χ0n) is 10.5. The molecule has 0 aromatic carbocycles. The predicted octanol–water partition coefficient (Wildman–Crippen LogP) is 1.62. The molecule has 4 atom stereocenters. The van der Waals surface area contributed by atoms with Gasteiger partial charge in [-0.2, -0.15) is 0 Å². The molecule has 2 N–H and O–H groups in total. The highest BCUT2D eigenvalue weighted by molar-refractivity contribution is 5.80. The van der Waals surface area contributed by atoms with Crippen molar-refractivity contribution < 1.29 is 4.79 Å². The Bertz CT molecular complexity index is 257. The average molecular weight is 224 g/mol. The van der Waals surface area contributed by atoms with Gasteiger partial charge in [0.1, 0.15) is 0 Å². The Labute approximate surface area is 98.4 Å². The van der Waals surface area contributed by atoms with Crippen molar-refractivity contribution in [1.82, 2.24) is 4.90 Å². The lowest BCUT2D eigenvalue weighted by Gasteiger charge is -2.31. The molecule has 3 heteroatoms. The van der Waals surface area contributed by atoms with Gasteiger partial charge in [-0.15, -0.1) is 0 Å². The summed E-state index contributed by atoms with van der Waals surface area (Å²) < 4.78 is 0. The Morgan fingerprint density at radius 1 is 1.12 bits per heavy atom. The zero-order valence-corrected chi connectivity index (χ0v) is 10.5. The smallest absolute Gasteiger partial charge is 0.227 e. The van der Waals surface area contributed by atoms with Crippen LogP contribution in [0.1, 0.15) is 39.5 Å². The number of amides is 1. The van der Waals surface area contributed by atoms with Crippen molar-refractivity contribution in [3.63, 3.8) is 0 Å². The van der Waals surface area contributed by atoms with Crippen LogP contribution in [0.4, 0.5) is 0 Å². The molecule has 1 aliphatic heterocycles. The molecule has 0 spiro atoms. The number of nitrogens with zero attached hydrogens (tertiary/aromatic N) is 1. The molecule has 2 fully saturated rings. The number of carbonyl (C=O) groups excluding carboxylic acids is 1. The molecule has 3 nitrogen and oxygen atoms in total. The monoisotopic (exact) mass is 224 g/mol. The van der Waals surface area contributed by atoms with Gasteiger partial charge in [-0.05, 0) is 24.7 Å². The molecule has 92 valence electrons. The van der Waals surface area contributed by atoms with Crippen molar-refractivity contribution in [2.75, 3.05) is 13.1 Å². The second-order valence-electron chi connectivity index (χ2n) is 5.75. The van der Waals surface area contributed by atoms with E-state index >= 15 is 0 Å². The maximum absolute atomic E-state index is 12.3. The summed E-state index contributed by atoms with van der Waals surface area (Å²) in [5, 5.41) is 0. The molecule has 1 heterocycles. The van der Waals surface area contributed by atoms with Crippen LogP contribution in [0.25, 0.3) is 0 Å². The normalized spacial score (nSPS) is 40.1. The van der Waals surface area contributed by atoms with Gasteiger partial charge >= 0.3 is 0 Å². The number of carbonyl (C=O) groups is 1. The van der Waals surface area contributed by atoms with Gasteiger partial charge < -0.3 is 10.6 Å². The molecule has 0 bridgehead atoms. The quantitative estimate of drug-likeness (QED) is 0.735. The minimum atomic E-state index is 0.103. The van der Waals surface area contributed by atoms with Gasteiger partial charge in [0.15, 0.2) is 0 Å². The van der Waals surface area contributed by atoms with Crippen LogP contribution >= 0.6 is 0 Å². The van der Waals surface area contributed by atoms with Crippen molar-refractivity contribution >= 4 is 5.91 Å². The highest BCUT2D eigenvalue weighted by atomic mass is 16.2. The van der Waals surface area contributed by atoms with E-state index in [1.807, 2.05) is 4.90 Å². The third-order valence-corrected chi connectivity index (χ3v) is 4.44. The van der Waals surface area contributed by atoms with E-state index in [2.05, 4.69) is 13.8 Å². The van der Waals surface area contributed by atoms with Crippen LogP contribution in [0.2, 0.25) is 0 Å². The molecule has 2 aliphatic rings. The van der Waals surface area contributed by atoms with E-state index in [-0.39, 0.29) is 12.0 Å². The van der Waals surface area contributed by atoms with Gasteiger partial charge in [0, 0.05) is 19.1 Å². The van der Waals surface area contributed by atoms with Crippen molar-refractivity contribution in [1.29, 1.82) is 0 Å². The largest absolute Gasteiger partial charge is 0.342 e. The highest BCUT2D eigenvalue weighted by Crippen LogP contribution is 2.29. The summed E-state index contributed by atoms with van der Waals surface area (Å²) >= 11 is 0. The number of rotatable bonds is 1. The molecule has 0 radical (unpaired) electrons. The summed E-state index contributed by atoms with van der Waals surface area (Å²) in [6.07, 6.45) is 4.38. The van der Waals surface area contributed by atoms with Gasteiger partial charge in [0.05, 0.1) is 5.92 Å². The average Bonchev–Trinajstić information content (AvgIpc) is 2.59. The number of hydrogen-bond donors (Lipinski definition) is 1. The van der Waals surface area contributed by atoms with Crippen molar-refractivity contribution in [2.24, 2.45) is 23.5 Å². The summed E-state index contributed by atoms with van der Waals surface area (Å²) in [5.74, 6) is 1.71. The summed E-state index contributed by atoms with van der Waals surface area (Å²) in [6, 6.07) is 0.104. The fraction of sp³-hybridized carbons (Fsp3) is 0.923. The first-order valence-corrected chi connectivity index (χ1v) is 6.64. The molecule has 1 saturated heterocycles. The van der Waals surface area contributed by atoms with E-state index in [1.165, 1.54) is 12.8 Å². The summed E-state index contributed by atoms with van der Waals surface area (Å²) in [6.45, 7) is 6.34. The maximum atomic E-state index is 12.3. The van der Waals surface area contributed by atoms with Crippen LogP contribution in [0, 0.1) is 17.8 Å². The van der Waals surface area contributed by atoms with Crippen molar-refractivity contribution in [2.45, 2.75) is 45.6 Å². The van der Waals surface area contributed by atoms with Gasteiger partial charge in [-0.1, -0.05) is 26.7 Å². The first-order chi connectivity index (χ1) is 7.59. The van der Waals surface area contributed by atoms with Crippen LogP contribution in [-0.2, 0) is 4.79 Å². The Balaban J connectivity index is 1.96. The molecular formula is C13H24N2O. The van der Waals surface area contributed by atoms with Gasteiger partial charge in [0.2, 0.25) is 5.91 Å². The summed E-state index contributed by atoms with van der Waals surface area (Å²) in [4.78, 5) is 14.4. The molecule has 1 aliphatic carbocycles. The third kappa shape index (κ3) is 2.24. The van der Waals surface area contributed by atoms with Crippen LogP contribution in [0.15, 0.2) is 0 Å². The Morgan fingerprint density at radius 3 is 2.25 bits per heavy atom. The van der Waals surface area contributed by atoms with Crippen LogP contribution in [-0.4, -0.2) is 29.9 Å². The minimum absolute atomic E-state index is 0.103. The molecule has 1 saturated carbocycles. The second-order valence-corrected chi connectivity index (χ2v) is 5.75. The van der Waals surface area contributed by atoms with E-state index < -0.39 is 0 Å². The highest BCUT2D eigenvalue weighted by Gasteiger charge is 2.36. The first kappa shape index (κ1) is 11.9. The fourth-order valence-corrected chi connectivity index (χ4v) is 3.01. The topological polar surface area (TPSA) is 46.3 Å². The van der Waals surface area contributed by atoms with Crippen LogP contribution in [0.3, 0.4) is 0 Å². The number of nitrogens with two attached hydrogens (primary N) is 1. The molecule has 4 unspecified atom stereocenters. The standard InChI is InChI=1S/C13H24N2O/c1-9-7-15(8-10(9)2)13(16)11-5-3-4-6-12(11)14/h9-12H,3-8,14H2,1-2H3. The van der Waals surface area contributed by atoms with Gasteiger partial charge in [-0.3, -0.25) is 4.79 Å². The fourth-order valence-electron chi connectivity index (χ4n) is 3.01. The van der Waals surface area contributed by atoms with Gasteiger partial charge in [-0.25, -0.2) is 0 Å². The maximum Gasteiger partial charge on any atom is 0.227 e. The van der Waals surface area contributed by atoms with Crippen LogP contribution in [0.5, 0.6) is 0 Å². The minimum Gasteiger partial charge on any atom is -0.342 e. The van der Waals surface area contributed by atoms with E-state index in [0.29, 0.717) is 17.7 Å². The second kappa shape index (κ2) is 4.74. The lowest BCUT2D eigenvalue weighted by atomic mass is 9.84.